The highest BCUT2D eigenvalue weighted by atomic mass is 32.1. The number of carboxylic acid groups (broad SMARTS) is 1. The number of para-hydroxylation sites is 1. The Hall–Kier alpha value is -2.19. The molecule has 1 aromatic heterocycles. The van der Waals surface area contributed by atoms with E-state index in [0.29, 0.717) is 19.6 Å². The fraction of sp³-hybridized carbons (Fsp3) is 0.438. The first-order chi connectivity index (χ1) is 11.6. The number of carboxylic acids is 1. The molecule has 1 aliphatic rings. The lowest BCUT2D eigenvalue weighted by Crippen LogP contribution is -2.38. The van der Waals surface area contributed by atoms with E-state index < -0.39 is 11.9 Å². The van der Waals surface area contributed by atoms with Crippen LogP contribution in [0.1, 0.15) is 6.42 Å². The van der Waals surface area contributed by atoms with Gasteiger partial charge >= 0.3 is 5.97 Å². The number of hydrogen-bond donors (Lipinski definition) is 2. The minimum absolute atomic E-state index is 0.0213. The van der Waals surface area contributed by atoms with E-state index in [4.69, 9.17) is 5.11 Å². The molecule has 0 radical (unpaired) electrons. The van der Waals surface area contributed by atoms with Crippen molar-refractivity contribution in [1.82, 2.24) is 9.88 Å². The molecule has 24 heavy (non-hydrogen) atoms. The Bertz CT molecular complexity index is 715. The molecular weight excluding hydrogens is 330 g/mol. The highest BCUT2D eigenvalue weighted by Gasteiger charge is 2.30. The maximum atomic E-state index is 12.0. The van der Waals surface area contributed by atoms with Crippen molar-refractivity contribution >= 4 is 38.6 Å². The molecule has 1 saturated heterocycles. The van der Waals surface area contributed by atoms with Crippen molar-refractivity contribution in [2.75, 3.05) is 37.7 Å². The van der Waals surface area contributed by atoms with Gasteiger partial charge in [-0.15, -0.1) is 0 Å². The van der Waals surface area contributed by atoms with Crippen LogP contribution in [0, 0.1) is 5.92 Å². The summed E-state index contributed by atoms with van der Waals surface area (Å²) in [5.74, 6) is -1.82. The number of nitrogens with zero attached hydrogens (tertiary/aromatic N) is 3. The number of amides is 1. The predicted molar refractivity (Wildman–Crippen MR) is 91.2 cm³/mol. The number of thiazole rings is 1. The number of aromatic nitrogens is 1. The smallest absolute Gasteiger partial charge is 0.310 e. The molecule has 2 aromatic rings. The zero-order valence-corrected chi connectivity index (χ0v) is 13.9. The van der Waals surface area contributed by atoms with Crippen molar-refractivity contribution in [3.63, 3.8) is 0 Å². The Morgan fingerprint density at radius 3 is 2.75 bits per heavy atom. The van der Waals surface area contributed by atoms with Crippen LogP contribution in [-0.2, 0) is 9.59 Å². The second-order valence-corrected chi connectivity index (χ2v) is 6.77. The van der Waals surface area contributed by atoms with Gasteiger partial charge in [-0.1, -0.05) is 23.5 Å². The van der Waals surface area contributed by atoms with Gasteiger partial charge in [0.1, 0.15) is 0 Å². The van der Waals surface area contributed by atoms with E-state index in [1.54, 1.807) is 0 Å². The third-order valence-corrected chi connectivity index (χ3v) is 5.20. The number of rotatable bonds is 4. The summed E-state index contributed by atoms with van der Waals surface area (Å²) in [5, 5.41) is 19.2. The second kappa shape index (κ2) is 7.14. The van der Waals surface area contributed by atoms with Gasteiger partial charge in [0, 0.05) is 32.6 Å². The molecule has 0 bridgehead atoms. The molecule has 128 valence electrons. The highest BCUT2D eigenvalue weighted by Crippen LogP contribution is 2.29. The van der Waals surface area contributed by atoms with Gasteiger partial charge in [-0.3, -0.25) is 9.59 Å². The van der Waals surface area contributed by atoms with Gasteiger partial charge in [0.15, 0.2) is 5.13 Å². The first-order valence-electron chi connectivity index (χ1n) is 7.80. The normalized spacial score (nSPS) is 18.6. The third-order valence-electron chi connectivity index (χ3n) is 4.10. The van der Waals surface area contributed by atoms with Crippen molar-refractivity contribution in [3.05, 3.63) is 24.3 Å². The van der Waals surface area contributed by atoms with Gasteiger partial charge in [0.2, 0.25) is 5.91 Å². The lowest BCUT2D eigenvalue weighted by Gasteiger charge is -2.21. The standard InChI is InChI=1S/C16H19N3O4S/c20-8-5-14(21)18-6-7-19(10-11(9-18)15(22)23)16-17-12-3-1-2-4-13(12)24-16/h1-4,11,20H,5-10H2,(H,22,23)/t11-/m0/s1. The Kier molecular flexibility index (Phi) is 4.96. The second-order valence-electron chi connectivity index (χ2n) is 5.76. The van der Waals surface area contributed by atoms with Crippen LogP contribution in [0.3, 0.4) is 0 Å². The van der Waals surface area contributed by atoms with Crippen LogP contribution < -0.4 is 4.90 Å². The van der Waals surface area contributed by atoms with Gasteiger partial charge in [0.05, 0.1) is 22.7 Å². The van der Waals surface area contributed by atoms with Gasteiger partial charge < -0.3 is 20.0 Å². The molecule has 8 heteroatoms. The number of anilines is 1. The topological polar surface area (TPSA) is 94.0 Å². The number of fused-ring (bicyclic) bond motifs is 1. The monoisotopic (exact) mass is 349 g/mol. The summed E-state index contributed by atoms with van der Waals surface area (Å²) in [4.78, 5) is 31.7. The molecule has 0 unspecified atom stereocenters. The van der Waals surface area contributed by atoms with E-state index in [-0.39, 0.29) is 25.5 Å². The summed E-state index contributed by atoms with van der Waals surface area (Å²) < 4.78 is 1.05. The van der Waals surface area contributed by atoms with E-state index >= 15 is 0 Å². The minimum Gasteiger partial charge on any atom is -0.481 e. The molecule has 1 atom stereocenters. The number of carbonyl (C=O) groups is 2. The molecule has 0 saturated carbocycles. The zero-order chi connectivity index (χ0) is 17.1. The SMILES string of the molecule is O=C(O)[C@H]1CN(C(=O)CCO)CCN(c2nc3ccccc3s2)C1. The number of aliphatic hydroxyl groups is 1. The predicted octanol–water partition coefficient (Wildman–Crippen LogP) is 1.03. The van der Waals surface area contributed by atoms with Crippen molar-refractivity contribution in [3.8, 4) is 0 Å². The molecule has 3 rings (SSSR count). The number of benzene rings is 1. The Labute approximate surface area is 143 Å². The van der Waals surface area contributed by atoms with Crippen LogP contribution in [0.4, 0.5) is 5.13 Å². The highest BCUT2D eigenvalue weighted by molar-refractivity contribution is 7.22. The molecule has 0 spiro atoms. The van der Waals surface area contributed by atoms with Crippen LogP contribution in [0.2, 0.25) is 0 Å². The number of carbonyl (C=O) groups excluding carboxylic acids is 1. The van der Waals surface area contributed by atoms with Gasteiger partial charge in [-0.05, 0) is 12.1 Å². The lowest BCUT2D eigenvalue weighted by molar-refractivity contribution is -0.143. The van der Waals surface area contributed by atoms with Gasteiger partial charge in [-0.2, -0.15) is 0 Å². The summed E-state index contributed by atoms with van der Waals surface area (Å²) in [6.45, 7) is 1.21. The molecule has 2 heterocycles. The van der Waals surface area contributed by atoms with Crippen LogP contribution in [0.25, 0.3) is 10.2 Å². The van der Waals surface area contributed by atoms with Gasteiger partial charge in [-0.25, -0.2) is 4.98 Å². The summed E-state index contributed by atoms with van der Waals surface area (Å²) in [7, 11) is 0. The summed E-state index contributed by atoms with van der Waals surface area (Å²) in [5.41, 5.74) is 0.891. The number of aliphatic carboxylic acids is 1. The average molecular weight is 349 g/mol. The quantitative estimate of drug-likeness (QED) is 0.856. The first-order valence-corrected chi connectivity index (χ1v) is 8.62. The first kappa shape index (κ1) is 16.7. The third kappa shape index (κ3) is 3.49. The Morgan fingerprint density at radius 2 is 2.04 bits per heavy atom. The molecule has 0 aliphatic carbocycles. The average Bonchev–Trinajstić information content (AvgIpc) is 2.86. The maximum absolute atomic E-state index is 12.0. The van der Waals surface area contributed by atoms with Gasteiger partial charge in [0.25, 0.3) is 0 Å². The molecule has 1 fully saturated rings. The fourth-order valence-electron chi connectivity index (χ4n) is 2.82. The molecule has 1 amide bonds. The van der Waals surface area contributed by atoms with Crippen LogP contribution in [0.5, 0.6) is 0 Å². The lowest BCUT2D eigenvalue weighted by atomic mass is 10.1. The molecule has 1 aromatic carbocycles. The number of hydrogen-bond acceptors (Lipinski definition) is 6. The maximum Gasteiger partial charge on any atom is 0.310 e. The van der Waals surface area contributed by atoms with E-state index in [2.05, 4.69) is 4.98 Å². The van der Waals surface area contributed by atoms with E-state index in [1.165, 1.54) is 16.2 Å². The van der Waals surface area contributed by atoms with Crippen molar-refractivity contribution in [2.45, 2.75) is 6.42 Å². The zero-order valence-electron chi connectivity index (χ0n) is 13.1. The summed E-state index contributed by atoms with van der Waals surface area (Å²) in [6.07, 6.45) is 0.0213. The van der Waals surface area contributed by atoms with Crippen molar-refractivity contribution in [2.24, 2.45) is 5.92 Å². The molecule has 2 N–H and O–H groups in total. The summed E-state index contributed by atoms with van der Waals surface area (Å²) >= 11 is 1.53. The molecule has 7 nitrogen and oxygen atoms in total. The Morgan fingerprint density at radius 1 is 1.25 bits per heavy atom. The Balaban J connectivity index is 1.83. The van der Waals surface area contributed by atoms with E-state index in [9.17, 15) is 14.7 Å². The molecule has 1 aliphatic heterocycles. The number of aliphatic hydroxyl groups excluding tert-OH is 1. The molecular formula is C16H19N3O4S. The largest absolute Gasteiger partial charge is 0.481 e. The van der Waals surface area contributed by atoms with Crippen molar-refractivity contribution < 1.29 is 19.8 Å². The van der Waals surface area contributed by atoms with Crippen molar-refractivity contribution in [1.29, 1.82) is 0 Å². The fourth-order valence-corrected chi connectivity index (χ4v) is 3.82. The van der Waals surface area contributed by atoms with E-state index in [0.717, 1.165) is 15.3 Å². The van der Waals surface area contributed by atoms with Crippen LogP contribution in [0.15, 0.2) is 24.3 Å². The van der Waals surface area contributed by atoms with Crippen LogP contribution >= 0.6 is 11.3 Å². The van der Waals surface area contributed by atoms with Crippen LogP contribution in [-0.4, -0.2) is 64.8 Å². The van der Waals surface area contributed by atoms with E-state index in [1.807, 2.05) is 29.2 Å². The summed E-state index contributed by atoms with van der Waals surface area (Å²) in [6, 6.07) is 7.78. The minimum atomic E-state index is -0.926.